The highest BCUT2D eigenvalue weighted by atomic mass is 79.9. The van der Waals surface area contributed by atoms with E-state index in [9.17, 15) is 14.9 Å². The van der Waals surface area contributed by atoms with Gasteiger partial charge in [0.05, 0.1) is 11.0 Å². The SMILES string of the molecule is N#CC1CNCCN1C(=O)c1cc(Br)cc([N+](=O)[O-])c1. The maximum Gasteiger partial charge on any atom is 0.271 e. The Balaban J connectivity index is 2.33. The molecule has 1 heterocycles. The summed E-state index contributed by atoms with van der Waals surface area (Å²) in [4.78, 5) is 24.1. The first-order chi connectivity index (χ1) is 9.52. The summed E-state index contributed by atoms with van der Waals surface area (Å²) >= 11 is 3.15. The van der Waals surface area contributed by atoms with Crippen LogP contribution in [0, 0.1) is 21.4 Å². The summed E-state index contributed by atoms with van der Waals surface area (Å²) in [6, 6.07) is 5.57. The molecule has 0 bridgehead atoms. The van der Waals surface area contributed by atoms with Crippen molar-refractivity contribution in [3.8, 4) is 6.07 Å². The summed E-state index contributed by atoms with van der Waals surface area (Å²) in [6.45, 7) is 1.40. The minimum absolute atomic E-state index is 0.161. The molecule has 7 nitrogen and oxygen atoms in total. The molecular formula is C12H11BrN4O3. The van der Waals surface area contributed by atoms with E-state index in [1.54, 1.807) is 0 Å². The van der Waals surface area contributed by atoms with Gasteiger partial charge in [0.2, 0.25) is 0 Å². The fourth-order valence-electron chi connectivity index (χ4n) is 2.03. The predicted octanol–water partition coefficient (Wildman–Crippen LogP) is 1.29. The molecule has 1 N–H and O–H groups in total. The maximum atomic E-state index is 12.4. The highest BCUT2D eigenvalue weighted by Gasteiger charge is 2.28. The van der Waals surface area contributed by atoms with E-state index in [4.69, 9.17) is 5.26 Å². The lowest BCUT2D eigenvalue weighted by Gasteiger charge is -2.32. The van der Waals surface area contributed by atoms with Crippen molar-refractivity contribution in [2.75, 3.05) is 19.6 Å². The average molecular weight is 339 g/mol. The minimum atomic E-state index is -0.561. The number of nitriles is 1. The van der Waals surface area contributed by atoms with Gasteiger partial charge in [-0.15, -0.1) is 0 Å². The van der Waals surface area contributed by atoms with Crippen LogP contribution >= 0.6 is 15.9 Å². The van der Waals surface area contributed by atoms with Crippen molar-refractivity contribution < 1.29 is 9.72 Å². The number of halogens is 1. The van der Waals surface area contributed by atoms with Crippen LogP contribution in [0.25, 0.3) is 0 Å². The second-order valence-electron chi connectivity index (χ2n) is 4.30. The lowest BCUT2D eigenvalue weighted by atomic mass is 10.1. The quantitative estimate of drug-likeness (QED) is 0.647. The van der Waals surface area contributed by atoms with Crippen molar-refractivity contribution in [2.45, 2.75) is 6.04 Å². The normalized spacial score (nSPS) is 18.4. The lowest BCUT2D eigenvalue weighted by Crippen LogP contribution is -2.53. The number of non-ortho nitro benzene ring substituents is 1. The number of nitro groups is 1. The highest BCUT2D eigenvalue weighted by Crippen LogP contribution is 2.23. The van der Waals surface area contributed by atoms with Gasteiger partial charge in [-0.25, -0.2) is 0 Å². The molecule has 0 aliphatic carbocycles. The van der Waals surface area contributed by atoms with Crippen molar-refractivity contribution in [1.29, 1.82) is 5.26 Å². The van der Waals surface area contributed by atoms with E-state index in [1.165, 1.54) is 23.1 Å². The van der Waals surface area contributed by atoms with Gasteiger partial charge in [-0.1, -0.05) is 15.9 Å². The molecule has 2 rings (SSSR count). The number of amides is 1. The molecule has 0 spiro atoms. The highest BCUT2D eigenvalue weighted by molar-refractivity contribution is 9.10. The molecule has 1 saturated heterocycles. The van der Waals surface area contributed by atoms with Gasteiger partial charge in [0.25, 0.3) is 11.6 Å². The Hall–Kier alpha value is -1.98. The first-order valence-corrected chi connectivity index (χ1v) is 6.68. The number of nitrogens with zero attached hydrogens (tertiary/aromatic N) is 3. The van der Waals surface area contributed by atoms with Crippen LogP contribution in [0.5, 0.6) is 0 Å². The van der Waals surface area contributed by atoms with E-state index in [1.807, 2.05) is 0 Å². The number of carbonyl (C=O) groups is 1. The first kappa shape index (κ1) is 14.4. The molecule has 20 heavy (non-hydrogen) atoms. The standard InChI is InChI=1S/C12H11BrN4O3/c13-9-3-8(4-10(5-9)17(19)20)12(18)16-2-1-15-7-11(16)6-14/h3-5,11,15H,1-2,7H2. The Kier molecular flexibility index (Phi) is 4.32. The van der Waals surface area contributed by atoms with Gasteiger partial charge in [-0.2, -0.15) is 5.26 Å². The van der Waals surface area contributed by atoms with Gasteiger partial charge < -0.3 is 10.2 Å². The van der Waals surface area contributed by atoms with Crippen molar-refractivity contribution in [1.82, 2.24) is 10.2 Å². The van der Waals surface area contributed by atoms with Crippen LogP contribution in [-0.2, 0) is 0 Å². The van der Waals surface area contributed by atoms with E-state index in [2.05, 4.69) is 27.3 Å². The third-order valence-corrected chi connectivity index (χ3v) is 3.45. The Morgan fingerprint density at radius 3 is 2.95 bits per heavy atom. The van der Waals surface area contributed by atoms with Gasteiger partial charge in [0.1, 0.15) is 6.04 Å². The topological polar surface area (TPSA) is 99.3 Å². The second-order valence-corrected chi connectivity index (χ2v) is 5.22. The molecule has 0 radical (unpaired) electrons. The van der Waals surface area contributed by atoms with Crippen molar-refractivity contribution in [3.63, 3.8) is 0 Å². The molecule has 1 amide bonds. The number of hydrogen-bond acceptors (Lipinski definition) is 5. The van der Waals surface area contributed by atoms with Crippen LogP contribution in [0.3, 0.4) is 0 Å². The molecule has 0 aromatic heterocycles. The Morgan fingerprint density at radius 2 is 2.30 bits per heavy atom. The van der Waals surface area contributed by atoms with Crippen molar-refractivity contribution in [3.05, 3.63) is 38.3 Å². The summed E-state index contributed by atoms with van der Waals surface area (Å²) in [5, 5.41) is 22.9. The number of hydrogen-bond donors (Lipinski definition) is 1. The largest absolute Gasteiger partial charge is 0.320 e. The molecule has 8 heteroatoms. The molecule has 104 valence electrons. The Bertz CT molecular complexity index is 599. The molecule has 1 aromatic rings. The van der Waals surface area contributed by atoms with Crippen LogP contribution in [0.4, 0.5) is 5.69 Å². The number of piperazine rings is 1. The monoisotopic (exact) mass is 338 g/mol. The van der Waals surface area contributed by atoms with Gasteiger partial charge in [0.15, 0.2) is 0 Å². The number of nitro benzene ring substituents is 1. The molecule has 0 saturated carbocycles. The van der Waals surface area contributed by atoms with Gasteiger partial charge in [-0.05, 0) is 6.07 Å². The van der Waals surface area contributed by atoms with E-state index in [0.717, 1.165) is 0 Å². The summed E-state index contributed by atoms with van der Waals surface area (Å²) in [7, 11) is 0. The fourth-order valence-corrected chi connectivity index (χ4v) is 2.51. The van der Waals surface area contributed by atoms with Gasteiger partial charge in [-0.3, -0.25) is 14.9 Å². The number of benzene rings is 1. The lowest BCUT2D eigenvalue weighted by molar-refractivity contribution is -0.385. The molecule has 1 atom stereocenters. The molecule has 1 aliphatic heterocycles. The molecule has 1 aliphatic rings. The first-order valence-electron chi connectivity index (χ1n) is 5.89. The summed E-state index contributed by atoms with van der Waals surface area (Å²) in [5.41, 5.74) is 0.0413. The molecule has 1 fully saturated rings. The zero-order chi connectivity index (χ0) is 14.7. The van der Waals surface area contributed by atoms with E-state index in [0.29, 0.717) is 24.1 Å². The van der Waals surface area contributed by atoms with Crippen LogP contribution in [-0.4, -0.2) is 41.4 Å². The minimum Gasteiger partial charge on any atom is -0.320 e. The zero-order valence-electron chi connectivity index (χ0n) is 10.4. The van der Waals surface area contributed by atoms with E-state index >= 15 is 0 Å². The second kappa shape index (κ2) is 5.98. The van der Waals surface area contributed by atoms with Crippen LogP contribution < -0.4 is 5.32 Å². The van der Waals surface area contributed by atoms with Gasteiger partial charge in [0, 0.05) is 41.8 Å². The third-order valence-electron chi connectivity index (χ3n) is 2.99. The molecule has 1 aromatic carbocycles. The molecule has 1 unspecified atom stereocenters. The zero-order valence-corrected chi connectivity index (χ0v) is 12.0. The van der Waals surface area contributed by atoms with Crippen molar-refractivity contribution >= 4 is 27.5 Å². The predicted molar refractivity (Wildman–Crippen MR) is 74.1 cm³/mol. The third kappa shape index (κ3) is 2.95. The van der Waals surface area contributed by atoms with Crippen LogP contribution in [0.2, 0.25) is 0 Å². The van der Waals surface area contributed by atoms with E-state index < -0.39 is 11.0 Å². The van der Waals surface area contributed by atoms with Gasteiger partial charge >= 0.3 is 0 Å². The fraction of sp³-hybridized carbons (Fsp3) is 0.333. The molecular weight excluding hydrogens is 328 g/mol. The summed E-state index contributed by atoms with van der Waals surface area (Å²) < 4.78 is 0.457. The smallest absolute Gasteiger partial charge is 0.271 e. The number of rotatable bonds is 2. The summed E-state index contributed by atoms with van der Waals surface area (Å²) in [6.07, 6.45) is 0. The average Bonchev–Trinajstić information content (AvgIpc) is 2.45. The summed E-state index contributed by atoms with van der Waals surface area (Å²) in [5.74, 6) is -0.373. The van der Waals surface area contributed by atoms with Crippen LogP contribution in [0.15, 0.2) is 22.7 Å². The number of nitrogens with one attached hydrogen (secondary N) is 1. The van der Waals surface area contributed by atoms with E-state index in [-0.39, 0.29) is 17.2 Å². The van der Waals surface area contributed by atoms with Crippen molar-refractivity contribution in [2.24, 2.45) is 0 Å². The van der Waals surface area contributed by atoms with Crippen LogP contribution in [0.1, 0.15) is 10.4 Å². The maximum absolute atomic E-state index is 12.4. The Morgan fingerprint density at radius 1 is 1.55 bits per heavy atom. The Labute approximate surface area is 123 Å². The number of carbonyl (C=O) groups excluding carboxylic acids is 1.